The lowest BCUT2D eigenvalue weighted by Crippen LogP contribution is -2.30. The number of rotatable bonds is 7. The van der Waals surface area contributed by atoms with Crippen molar-refractivity contribution < 1.29 is 4.74 Å². The molecule has 5 nitrogen and oxygen atoms in total. The van der Waals surface area contributed by atoms with Crippen molar-refractivity contribution in [3.05, 3.63) is 227 Å². The quantitative estimate of drug-likeness (QED) is 0.176. The van der Waals surface area contributed by atoms with Gasteiger partial charge in [0.05, 0.1) is 17.4 Å². The third-order valence-corrected chi connectivity index (χ3v) is 11.5. The largest absolute Gasteiger partial charge is 0.457 e. The maximum atomic E-state index is 6.43. The molecule has 280 valence electrons. The van der Waals surface area contributed by atoms with Gasteiger partial charge in [-0.25, -0.2) is 9.97 Å². The summed E-state index contributed by atoms with van der Waals surface area (Å²) in [5.41, 5.74) is 12.7. The molecule has 0 amide bonds. The highest BCUT2D eigenvalue weighted by Crippen LogP contribution is 2.49. The van der Waals surface area contributed by atoms with Gasteiger partial charge < -0.3 is 10.1 Å². The van der Waals surface area contributed by atoms with Gasteiger partial charge in [-0.15, -0.1) is 0 Å². The van der Waals surface area contributed by atoms with Gasteiger partial charge >= 0.3 is 0 Å². The second-order valence-corrected chi connectivity index (χ2v) is 15.6. The van der Waals surface area contributed by atoms with Gasteiger partial charge in [0, 0.05) is 44.9 Å². The fourth-order valence-corrected chi connectivity index (χ4v) is 8.34. The number of nitrogens with zero attached hydrogens (tertiary/aromatic N) is 3. The Morgan fingerprint density at radius 3 is 2.00 bits per heavy atom. The Hall–Kier alpha value is -7.11. The van der Waals surface area contributed by atoms with Crippen molar-refractivity contribution in [2.24, 2.45) is 4.99 Å². The molecule has 3 heterocycles. The number of allylic oxidation sites excluding steroid dienone is 3. The third-order valence-electron chi connectivity index (χ3n) is 11.5. The molecule has 58 heavy (non-hydrogen) atoms. The van der Waals surface area contributed by atoms with E-state index < -0.39 is 0 Å². The topological polar surface area (TPSA) is 59.4 Å². The number of ether oxygens (including phenoxy) is 1. The molecule has 2 aliphatic heterocycles. The zero-order valence-electron chi connectivity index (χ0n) is 32.5. The molecule has 0 radical (unpaired) electrons. The van der Waals surface area contributed by atoms with Crippen LogP contribution < -0.4 is 10.1 Å². The van der Waals surface area contributed by atoms with Crippen LogP contribution in [0.25, 0.3) is 39.5 Å². The first-order valence-electron chi connectivity index (χ1n) is 20.0. The Morgan fingerprint density at radius 2 is 1.24 bits per heavy atom. The van der Waals surface area contributed by atoms with Gasteiger partial charge in [0.2, 0.25) is 0 Å². The number of hydrogen-bond donors (Lipinski definition) is 1. The van der Waals surface area contributed by atoms with E-state index >= 15 is 0 Å². The van der Waals surface area contributed by atoms with Crippen LogP contribution in [0.2, 0.25) is 0 Å². The highest BCUT2D eigenvalue weighted by molar-refractivity contribution is 6.05. The molecule has 2 atom stereocenters. The van der Waals surface area contributed by atoms with E-state index in [1.807, 2.05) is 18.2 Å². The Morgan fingerprint density at radius 1 is 0.586 bits per heavy atom. The van der Waals surface area contributed by atoms with Crippen LogP contribution in [0.15, 0.2) is 204 Å². The predicted molar refractivity (Wildman–Crippen MR) is 235 cm³/mol. The van der Waals surface area contributed by atoms with Gasteiger partial charge in [-0.1, -0.05) is 172 Å². The maximum absolute atomic E-state index is 6.43. The van der Waals surface area contributed by atoms with E-state index in [1.165, 1.54) is 22.3 Å². The minimum atomic E-state index is -0.206. The highest BCUT2D eigenvalue weighted by Gasteiger charge is 2.38. The van der Waals surface area contributed by atoms with Crippen LogP contribution in [0, 0.1) is 0 Å². The summed E-state index contributed by atoms with van der Waals surface area (Å²) in [7, 11) is 0. The van der Waals surface area contributed by atoms with Gasteiger partial charge in [0.25, 0.3) is 0 Å². The number of amidine groups is 1. The van der Waals surface area contributed by atoms with Gasteiger partial charge in [-0.05, 0) is 59.0 Å². The Kier molecular flexibility index (Phi) is 8.99. The molecular formula is C53H42N4O. The van der Waals surface area contributed by atoms with Gasteiger partial charge in [0.1, 0.15) is 17.3 Å². The lowest BCUT2D eigenvalue weighted by molar-refractivity contribution is 0.364. The summed E-state index contributed by atoms with van der Waals surface area (Å²) >= 11 is 0. The molecule has 0 fully saturated rings. The molecule has 0 bridgehead atoms. The average molecular weight is 751 g/mol. The van der Waals surface area contributed by atoms with Crippen LogP contribution in [0.5, 0.6) is 5.75 Å². The smallest absolute Gasteiger partial charge is 0.160 e. The fraction of sp³-hybridized carbons (Fsp3) is 0.113. The van der Waals surface area contributed by atoms with Crippen LogP contribution >= 0.6 is 0 Å². The van der Waals surface area contributed by atoms with E-state index in [0.717, 1.165) is 68.7 Å². The summed E-state index contributed by atoms with van der Waals surface area (Å²) in [6, 6.07) is 58.9. The molecule has 3 aliphatic rings. The fourth-order valence-electron chi connectivity index (χ4n) is 8.34. The molecule has 10 rings (SSSR count). The lowest BCUT2D eigenvalue weighted by Gasteiger charge is -2.39. The highest BCUT2D eigenvalue weighted by atomic mass is 16.5. The second-order valence-electron chi connectivity index (χ2n) is 15.6. The van der Waals surface area contributed by atoms with Crippen molar-refractivity contribution in [2.75, 3.05) is 0 Å². The molecule has 1 aliphatic carbocycles. The number of fused-ring (bicyclic) bond motifs is 2. The molecule has 2 unspecified atom stereocenters. The Labute approximate surface area is 339 Å². The van der Waals surface area contributed by atoms with Crippen molar-refractivity contribution in [3.8, 4) is 39.5 Å². The standard InChI is InChI=1S/C53H42N4O/c1-53(2)43-23-12-13-24-49(43)58-50-30-29-42(32-44(50)53)48-34-46(37-19-10-5-11-20-37)55-52(57-48)39-27-25-38(26-28-39)51-54-45(36-17-8-4-9-18-36)33-47(56-51)41-22-14-21-40(31-41)35-15-6-3-7-16-35/h3-28,30-34,42,47H,29H2,1-2H3,(H,54,56). The summed E-state index contributed by atoms with van der Waals surface area (Å²) in [4.78, 5) is 15.7. The van der Waals surface area contributed by atoms with E-state index in [9.17, 15) is 0 Å². The van der Waals surface area contributed by atoms with Crippen LogP contribution in [0.4, 0.5) is 0 Å². The molecule has 0 spiro atoms. The van der Waals surface area contributed by atoms with Crippen LogP contribution in [0.3, 0.4) is 0 Å². The van der Waals surface area contributed by atoms with E-state index in [1.54, 1.807) is 0 Å². The first kappa shape index (κ1) is 35.3. The normalized spacial score (nSPS) is 17.9. The number of hydrogen-bond acceptors (Lipinski definition) is 5. The first-order valence-corrected chi connectivity index (χ1v) is 20.0. The van der Waals surface area contributed by atoms with Crippen molar-refractivity contribution in [2.45, 2.75) is 37.6 Å². The van der Waals surface area contributed by atoms with Crippen LogP contribution in [-0.2, 0) is 5.41 Å². The van der Waals surface area contributed by atoms with Crippen molar-refractivity contribution in [1.29, 1.82) is 0 Å². The summed E-state index contributed by atoms with van der Waals surface area (Å²) in [5.74, 6) is 3.46. The minimum absolute atomic E-state index is 0.0664. The number of aliphatic imine (C=N–C) groups is 1. The number of nitrogens with one attached hydrogen (secondary N) is 1. The molecule has 0 saturated heterocycles. The van der Waals surface area contributed by atoms with Gasteiger partial charge in [0.15, 0.2) is 5.82 Å². The van der Waals surface area contributed by atoms with Gasteiger partial charge in [-0.2, -0.15) is 0 Å². The molecule has 0 saturated carbocycles. The molecule has 1 aromatic heterocycles. The zero-order valence-corrected chi connectivity index (χ0v) is 32.5. The van der Waals surface area contributed by atoms with E-state index in [-0.39, 0.29) is 17.4 Å². The SMILES string of the molecule is CC1(C)C2=CC(c3cc(-c4ccccc4)nc(-c4ccc(C5=NC(c6cccc(-c7ccccc7)c6)C=C(c6ccccc6)N5)cc4)n3)CC=C2Oc2ccccc21. The van der Waals surface area contributed by atoms with E-state index in [4.69, 9.17) is 19.7 Å². The van der Waals surface area contributed by atoms with Gasteiger partial charge in [-0.3, -0.25) is 4.99 Å². The molecule has 7 aromatic rings. The van der Waals surface area contributed by atoms with Crippen molar-refractivity contribution in [3.63, 3.8) is 0 Å². The first-order chi connectivity index (χ1) is 28.5. The van der Waals surface area contributed by atoms with E-state index in [0.29, 0.717) is 5.82 Å². The summed E-state index contributed by atoms with van der Waals surface area (Å²) < 4.78 is 6.43. The lowest BCUT2D eigenvalue weighted by atomic mass is 9.71. The maximum Gasteiger partial charge on any atom is 0.160 e. The third kappa shape index (κ3) is 6.75. The van der Waals surface area contributed by atoms with Crippen molar-refractivity contribution >= 4 is 11.5 Å². The summed E-state index contributed by atoms with van der Waals surface area (Å²) in [6.07, 6.45) is 7.61. The number of para-hydroxylation sites is 1. The average Bonchev–Trinajstić information content (AvgIpc) is 3.30. The molecule has 1 N–H and O–H groups in total. The second kappa shape index (κ2) is 14.8. The predicted octanol–water partition coefficient (Wildman–Crippen LogP) is 12.3. The summed E-state index contributed by atoms with van der Waals surface area (Å²) in [5, 5.41) is 3.67. The number of aromatic nitrogens is 2. The molecule has 5 heteroatoms. The Bertz CT molecular complexity index is 2770. The number of benzene rings is 6. The Balaban J connectivity index is 1.01. The zero-order chi connectivity index (χ0) is 39.1. The van der Waals surface area contributed by atoms with E-state index in [2.05, 4.69) is 189 Å². The van der Waals surface area contributed by atoms with Crippen LogP contribution in [-0.4, -0.2) is 15.8 Å². The minimum Gasteiger partial charge on any atom is -0.457 e. The van der Waals surface area contributed by atoms with Crippen molar-refractivity contribution in [1.82, 2.24) is 15.3 Å². The molecule has 6 aromatic carbocycles. The molecular weight excluding hydrogens is 709 g/mol. The summed E-state index contributed by atoms with van der Waals surface area (Å²) in [6.45, 7) is 4.57. The monoisotopic (exact) mass is 750 g/mol. The van der Waals surface area contributed by atoms with Crippen LogP contribution in [0.1, 0.15) is 60.2 Å².